The predicted octanol–water partition coefficient (Wildman–Crippen LogP) is 1.82. The third kappa shape index (κ3) is 3.83. The summed E-state index contributed by atoms with van der Waals surface area (Å²) in [5.74, 6) is -1.87. The number of hydrogen-bond acceptors (Lipinski definition) is 5. The summed E-state index contributed by atoms with van der Waals surface area (Å²) in [6.07, 6.45) is 0. The number of methoxy groups -OCH3 is 1. The van der Waals surface area contributed by atoms with Gasteiger partial charge in [0.2, 0.25) is 0 Å². The number of amides is 2. The highest BCUT2D eigenvalue weighted by molar-refractivity contribution is 6.00. The van der Waals surface area contributed by atoms with Crippen molar-refractivity contribution < 1.29 is 23.6 Å². The number of hydrogen-bond donors (Lipinski definition) is 2. The van der Waals surface area contributed by atoms with Crippen LogP contribution in [0.2, 0.25) is 0 Å². The maximum absolute atomic E-state index is 12.8. The standard InChI is InChI=1S/C15H12FN3O5/c1-24-13-7-6-11(19(22)23)8-12(13)15(21)18-17-14(20)9-2-4-10(16)5-3-9/h2-8H,1H3,(H,17,20)(H,18,21). The molecule has 2 amide bonds. The summed E-state index contributed by atoms with van der Waals surface area (Å²) in [5, 5.41) is 10.8. The van der Waals surface area contributed by atoms with E-state index in [0.29, 0.717) is 0 Å². The lowest BCUT2D eigenvalue weighted by molar-refractivity contribution is -0.384. The van der Waals surface area contributed by atoms with Crippen molar-refractivity contribution in [3.63, 3.8) is 0 Å². The minimum Gasteiger partial charge on any atom is -0.496 e. The largest absolute Gasteiger partial charge is 0.496 e. The van der Waals surface area contributed by atoms with Gasteiger partial charge in [-0.1, -0.05) is 0 Å². The fraction of sp³-hybridized carbons (Fsp3) is 0.0667. The van der Waals surface area contributed by atoms with Crippen LogP contribution in [0.5, 0.6) is 5.75 Å². The molecule has 0 spiro atoms. The van der Waals surface area contributed by atoms with Crippen LogP contribution in [0.15, 0.2) is 42.5 Å². The highest BCUT2D eigenvalue weighted by atomic mass is 19.1. The van der Waals surface area contributed by atoms with E-state index in [1.165, 1.54) is 31.4 Å². The molecule has 9 heteroatoms. The Balaban J connectivity index is 2.11. The number of nitro benzene ring substituents is 1. The SMILES string of the molecule is COc1ccc([N+](=O)[O-])cc1C(=O)NNC(=O)c1ccc(F)cc1. The highest BCUT2D eigenvalue weighted by Gasteiger charge is 2.18. The zero-order valence-electron chi connectivity index (χ0n) is 12.4. The van der Waals surface area contributed by atoms with Gasteiger partial charge in [0.05, 0.1) is 17.6 Å². The molecule has 2 aromatic carbocycles. The molecule has 0 unspecified atom stereocenters. The Morgan fingerprint density at radius 2 is 1.71 bits per heavy atom. The lowest BCUT2D eigenvalue weighted by atomic mass is 10.1. The smallest absolute Gasteiger partial charge is 0.273 e. The van der Waals surface area contributed by atoms with Crippen LogP contribution in [-0.4, -0.2) is 23.8 Å². The first-order valence-electron chi connectivity index (χ1n) is 6.61. The third-order valence-corrected chi connectivity index (χ3v) is 3.03. The summed E-state index contributed by atoms with van der Waals surface area (Å²) in [6, 6.07) is 8.16. The molecule has 0 bridgehead atoms. The zero-order chi connectivity index (χ0) is 17.7. The van der Waals surface area contributed by atoms with Gasteiger partial charge in [0, 0.05) is 17.7 Å². The van der Waals surface area contributed by atoms with Gasteiger partial charge in [0.25, 0.3) is 17.5 Å². The molecule has 2 N–H and O–H groups in total. The van der Waals surface area contributed by atoms with Gasteiger partial charge in [-0.2, -0.15) is 0 Å². The molecule has 0 fully saturated rings. The molecule has 0 atom stereocenters. The second kappa shape index (κ2) is 7.18. The summed E-state index contributed by atoms with van der Waals surface area (Å²) in [6.45, 7) is 0. The van der Waals surface area contributed by atoms with Crippen molar-refractivity contribution in [3.8, 4) is 5.75 Å². The van der Waals surface area contributed by atoms with E-state index in [9.17, 15) is 24.1 Å². The van der Waals surface area contributed by atoms with Gasteiger partial charge in [-0.05, 0) is 30.3 Å². The molecule has 2 aromatic rings. The molecule has 8 nitrogen and oxygen atoms in total. The number of carbonyl (C=O) groups excluding carboxylic acids is 2. The number of ether oxygens (including phenoxy) is 1. The van der Waals surface area contributed by atoms with Crippen molar-refractivity contribution in [2.24, 2.45) is 0 Å². The van der Waals surface area contributed by atoms with Gasteiger partial charge in [-0.15, -0.1) is 0 Å². The molecule has 0 radical (unpaired) electrons. The summed E-state index contributed by atoms with van der Waals surface area (Å²) < 4.78 is 17.8. The van der Waals surface area contributed by atoms with Crippen molar-refractivity contribution in [1.29, 1.82) is 0 Å². The summed E-state index contributed by atoms with van der Waals surface area (Å²) in [4.78, 5) is 34.1. The first-order chi connectivity index (χ1) is 11.4. The lowest BCUT2D eigenvalue weighted by Gasteiger charge is -2.10. The second-order valence-electron chi connectivity index (χ2n) is 4.56. The van der Waals surface area contributed by atoms with Gasteiger partial charge in [0.15, 0.2) is 0 Å². The van der Waals surface area contributed by atoms with Crippen LogP contribution in [0.3, 0.4) is 0 Å². The molecule has 0 aromatic heterocycles. The van der Waals surface area contributed by atoms with Crippen LogP contribution in [0.4, 0.5) is 10.1 Å². The number of hydrazine groups is 1. The molecule has 124 valence electrons. The maximum Gasteiger partial charge on any atom is 0.273 e. The van der Waals surface area contributed by atoms with E-state index >= 15 is 0 Å². The number of carbonyl (C=O) groups is 2. The highest BCUT2D eigenvalue weighted by Crippen LogP contribution is 2.23. The van der Waals surface area contributed by atoms with Gasteiger partial charge in [-0.3, -0.25) is 30.6 Å². The average Bonchev–Trinajstić information content (AvgIpc) is 2.59. The van der Waals surface area contributed by atoms with Crippen molar-refractivity contribution in [3.05, 3.63) is 69.5 Å². The number of rotatable bonds is 4. The van der Waals surface area contributed by atoms with E-state index < -0.39 is 22.6 Å². The molecular weight excluding hydrogens is 321 g/mol. The van der Waals surface area contributed by atoms with Crippen LogP contribution < -0.4 is 15.6 Å². The number of benzene rings is 2. The van der Waals surface area contributed by atoms with Crippen LogP contribution in [0.1, 0.15) is 20.7 Å². The Morgan fingerprint density at radius 1 is 1.08 bits per heavy atom. The fourth-order valence-electron chi connectivity index (χ4n) is 1.84. The van der Waals surface area contributed by atoms with Gasteiger partial charge in [-0.25, -0.2) is 4.39 Å². The summed E-state index contributed by atoms with van der Waals surface area (Å²) in [7, 11) is 1.30. The topological polar surface area (TPSA) is 111 Å². The first kappa shape index (κ1) is 16.9. The predicted molar refractivity (Wildman–Crippen MR) is 81.0 cm³/mol. The Labute approximate surface area is 135 Å². The molecular formula is C15H12FN3O5. The minimum atomic E-state index is -0.800. The van der Waals surface area contributed by atoms with E-state index in [1.54, 1.807) is 0 Å². The van der Waals surface area contributed by atoms with Crippen molar-refractivity contribution in [2.75, 3.05) is 7.11 Å². The van der Waals surface area contributed by atoms with Crippen molar-refractivity contribution in [2.45, 2.75) is 0 Å². The number of non-ortho nitro benzene ring substituents is 1. The van der Waals surface area contributed by atoms with E-state index in [0.717, 1.165) is 18.2 Å². The third-order valence-electron chi connectivity index (χ3n) is 3.03. The van der Waals surface area contributed by atoms with Gasteiger partial charge < -0.3 is 4.74 Å². The maximum atomic E-state index is 12.8. The van der Waals surface area contributed by atoms with Gasteiger partial charge >= 0.3 is 0 Å². The van der Waals surface area contributed by atoms with Crippen molar-refractivity contribution in [1.82, 2.24) is 10.9 Å². The molecule has 24 heavy (non-hydrogen) atoms. The molecule has 0 aliphatic carbocycles. The molecule has 0 aliphatic rings. The van der Waals surface area contributed by atoms with Crippen LogP contribution >= 0.6 is 0 Å². The Morgan fingerprint density at radius 3 is 2.29 bits per heavy atom. The summed E-state index contributed by atoms with van der Waals surface area (Å²) >= 11 is 0. The van der Waals surface area contributed by atoms with E-state index in [2.05, 4.69) is 10.9 Å². The number of nitrogens with zero attached hydrogens (tertiary/aromatic N) is 1. The Kier molecular flexibility index (Phi) is 5.05. The van der Waals surface area contributed by atoms with Crippen LogP contribution in [0, 0.1) is 15.9 Å². The Bertz CT molecular complexity index is 792. The van der Waals surface area contributed by atoms with Crippen LogP contribution in [0.25, 0.3) is 0 Å². The number of nitro groups is 1. The van der Waals surface area contributed by atoms with E-state index in [1.807, 2.05) is 0 Å². The van der Waals surface area contributed by atoms with Gasteiger partial charge in [0.1, 0.15) is 11.6 Å². The number of nitrogens with one attached hydrogen (secondary N) is 2. The Hall–Kier alpha value is -3.49. The number of halogens is 1. The molecule has 0 saturated heterocycles. The monoisotopic (exact) mass is 333 g/mol. The average molecular weight is 333 g/mol. The summed E-state index contributed by atoms with van der Waals surface area (Å²) in [5.41, 5.74) is 3.96. The second-order valence-corrected chi connectivity index (χ2v) is 4.56. The molecule has 0 saturated carbocycles. The zero-order valence-corrected chi connectivity index (χ0v) is 12.4. The molecule has 2 rings (SSSR count). The van der Waals surface area contributed by atoms with Crippen molar-refractivity contribution >= 4 is 17.5 Å². The van der Waals surface area contributed by atoms with E-state index in [-0.39, 0.29) is 22.6 Å². The quantitative estimate of drug-likeness (QED) is 0.655. The minimum absolute atomic E-state index is 0.106. The molecule has 0 heterocycles. The lowest BCUT2D eigenvalue weighted by Crippen LogP contribution is -2.41. The normalized spacial score (nSPS) is 9.92. The fourth-order valence-corrected chi connectivity index (χ4v) is 1.84. The van der Waals surface area contributed by atoms with E-state index in [4.69, 9.17) is 4.74 Å². The molecule has 0 aliphatic heterocycles. The first-order valence-corrected chi connectivity index (χ1v) is 6.61. The van der Waals surface area contributed by atoms with Crippen LogP contribution in [-0.2, 0) is 0 Å².